The van der Waals surface area contributed by atoms with Crippen LogP contribution in [0, 0.1) is 6.92 Å². The molecular weight excluding hydrogens is 428 g/mol. The van der Waals surface area contributed by atoms with E-state index in [2.05, 4.69) is 50.6 Å². The SMILES string of the molecule is CCCCCC(CC(=O)Nc1cc(C(=O)NOC)ccc1C(C)(C)C)c1ccc(C)cc1OC. The highest BCUT2D eigenvalue weighted by molar-refractivity contribution is 5.97. The van der Waals surface area contributed by atoms with Gasteiger partial charge in [-0.1, -0.05) is 65.2 Å². The van der Waals surface area contributed by atoms with Crippen LogP contribution in [0.1, 0.15) is 92.8 Å². The lowest BCUT2D eigenvalue weighted by Crippen LogP contribution is -2.24. The maximum absolute atomic E-state index is 13.3. The minimum Gasteiger partial charge on any atom is -0.496 e. The quantitative estimate of drug-likeness (QED) is 0.300. The van der Waals surface area contributed by atoms with Gasteiger partial charge in [0.1, 0.15) is 5.75 Å². The number of aryl methyl sites for hydroxylation is 1. The van der Waals surface area contributed by atoms with E-state index in [1.165, 1.54) is 7.11 Å². The minimum atomic E-state index is -0.361. The molecule has 0 radical (unpaired) electrons. The number of amides is 2. The number of hydrogen-bond acceptors (Lipinski definition) is 4. The van der Waals surface area contributed by atoms with Crippen molar-refractivity contribution in [3.8, 4) is 5.75 Å². The van der Waals surface area contributed by atoms with E-state index in [1.807, 2.05) is 19.1 Å². The van der Waals surface area contributed by atoms with Gasteiger partial charge >= 0.3 is 0 Å². The van der Waals surface area contributed by atoms with Crippen LogP contribution in [-0.4, -0.2) is 26.0 Å². The van der Waals surface area contributed by atoms with Gasteiger partial charge in [-0.25, -0.2) is 5.48 Å². The van der Waals surface area contributed by atoms with Crippen LogP contribution in [0.15, 0.2) is 36.4 Å². The highest BCUT2D eigenvalue weighted by atomic mass is 16.6. The van der Waals surface area contributed by atoms with Crippen LogP contribution in [0.5, 0.6) is 5.75 Å². The van der Waals surface area contributed by atoms with E-state index < -0.39 is 0 Å². The van der Waals surface area contributed by atoms with Gasteiger partial charge < -0.3 is 10.1 Å². The van der Waals surface area contributed by atoms with Gasteiger partial charge in [-0.15, -0.1) is 0 Å². The Bertz CT molecular complexity index is 979. The van der Waals surface area contributed by atoms with E-state index in [0.717, 1.165) is 48.1 Å². The Morgan fingerprint density at radius 1 is 1.03 bits per heavy atom. The Morgan fingerprint density at radius 2 is 1.76 bits per heavy atom. The summed E-state index contributed by atoms with van der Waals surface area (Å²) in [5.74, 6) is 0.419. The van der Waals surface area contributed by atoms with Crippen LogP contribution in [0.3, 0.4) is 0 Å². The zero-order valence-corrected chi connectivity index (χ0v) is 21.7. The van der Waals surface area contributed by atoms with Gasteiger partial charge in [0, 0.05) is 17.7 Å². The number of hydrogen-bond donors (Lipinski definition) is 2. The molecule has 0 saturated carbocycles. The van der Waals surface area contributed by atoms with E-state index in [9.17, 15) is 9.59 Å². The minimum absolute atomic E-state index is 0.0418. The lowest BCUT2D eigenvalue weighted by molar-refractivity contribution is -0.116. The van der Waals surface area contributed by atoms with Gasteiger partial charge in [-0.2, -0.15) is 0 Å². The summed E-state index contributed by atoms with van der Waals surface area (Å²) in [4.78, 5) is 30.3. The second-order valence-electron chi connectivity index (χ2n) is 9.84. The molecule has 0 bridgehead atoms. The number of nitrogens with one attached hydrogen (secondary N) is 2. The predicted octanol–water partition coefficient (Wildman–Crippen LogP) is 6.29. The number of hydroxylamine groups is 1. The Balaban J connectivity index is 2.34. The van der Waals surface area contributed by atoms with Crippen molar-refractivity contribution >= 4 is 17.5 Å². The van der Waals surface area contributed by atoms with Crippen LogP contribution < -0.4 is 15.5 Å². The summed E-state index contributed by atoms with van der Waals surface area (Å²) in [6.07, 6.45) is 4.53. The molecule has 2 amide bonds. The topological polar surface area (TPSA) is 76.7 Å². The zero-order valence-electron chi connectivity index (χ0n) is 21.7. The number of carbonyl (C=O) groups excluding carboxylic acids is 2. The summed E-state index contributed by atoms with van der Waals surface area (Å²) in [5.41, 5.74) is 6.34. The fourth-order valence-corrected chi connectivity index (χ4v) is 4.18. The Morgan fingerprint density at radius 3 is 2.38 bits per heavy atom. The molecule has 0 aliphatic heterocycles. The van der Waals surface area contributed by atoms with Crippen LogP contribution in [0.25, 0.3) is 0 Å². The number of benzene rings is 2. The van der Waals surface area contributed by atoms with Crippen molar-refractivity contribution in [2.75, 3.05) is 19.5 Å². The van der Waals surface area contributed by atoms with E-state index in [1.54, 1.807) is 19.2 Å². The van der Waals surface area contributed by atoms with Crippen LogP contribution in [0.4, 0.5) is 5.69 Å². The van der Waals surface area contributed by atoms with Crippen LogP contribution >= 0.6 is 0 Å². The smallest absolute Gasteiger partial charge is 0.274 e. The van der Waals surface area contributed by atoms with Crippen molar-refractivity contribution in [2.45, 2.75) is 78.1 Å². The van der Waals surface area contributed by atoms with Crippen molar-refractivity contribution in [1.82, 2.24) is 5.48 Å². The molecule has 6 heteroatoms. The van der Waals surface area contributed by atoms with Gasteiger partial charge in [0.15, 0.2) is 0 Å². The molecule has 2 aromatic carbocycles. The first-order valence-electron chi connectivity index (χ1n) is 12.0. The molecule has 2 rings (SSSR count). The number of methoxy groups -OCH3 is 1. The predicted molar refractivity (Wildman–Crippen MR) is 137 cm³/mol. The lowest BCUT2D eigenvalue weighted by Gasteiger charge is -2.25. The fourth-order valence-electron chi connectivity index (χ4n) is 4.18. The molecule has 1 unspecified atom stereocenters. The largest absolute Gasteiger partial charge is 0.496 e. The van der Waals surface area contributed by atoms with Crippen molar-refractivity contribution in [3.05, 3.63) is 58.7 Å². The summed E-state index contributed by atoms with van der Waals surface area (Å²) < 4.78 is 5.65. The molecule has 186 valence electrons. The molecule has 0 aromatic heterocycles. The molecule has 0 fully saturated rings. The second kappa shape index (κ2) is 12.6. The highest BCUT2D eigenvalue weighted by Crippen LogP contribution is 2.35. The summed E-state index contributed by atoms with van der Waals surface area (Å²) in [6, 6.07) is 11.5. The van der Waals surface area contributed by atoms with Crippen molar-refractivity contribution in [3.63, 3.8) is 0 Å². The third-order valence-electron chi connectivity index (χ3n) is 5.98. The summed E-state index contributed by atoms with van der Waals surface area (Å²) in [6.45, 7) is 10.5. The normalized spacial score (nSPS) is 12.2. The van der Waals surface area contributed by atoms with Crippen molar-refractivity contribution in [2.24, 2.45) is 0 Å². The molecule has 0 saturated heterocycles. The number of unbranched alkanes of at least 4 members (excludes halogenated alkanes) is 2. The number of carbonyl (C=O) groups is 2. The zero-order chi connectivity index (χ0) is 25.3. The number of anilines is 1. The fraction of sp³-hybridized carbons (Fsp3) is 0.500. The second-order valence-corrected chi connectivity index (χ2v) is 9.84. The molecule has 0 aliphatic carbocycles. The van der Waals surface area contributed by atoms with Gasteiger partial charge in [0.2, 0.25) is 5.91 Å². The molecule has 2 N–H and O–H groups in total. The summed E-state index contributed by atoms with van der Waals surface area (Å²) in [5, 5.41) is 3.09. The maximum atomic E-state index is 13.3. The van der Waals surface area contributed by atoms with E-state index in [4.69, 9.17) is 9.57 Å². The average Bonchev–Trinajstić information content (AvgIpc) is 2.77. The Kier molecular flexibility index (Phi) is 10.1. The van der Waals surface area contributed by atoms with Crippen molar-refractivity contribution in [1.29, 1.82) is 0 Å². The Hall–Kier alpha value is -2.86. The molecule has 6 nitrogen and oxygen atoms in total. The third-order valence-corrected chi connectivity index (χ3v) is 5.98. The van der Waals surface area contributed by atoms with Gasteiger partial charge in [-0.3, -0.25) is 14.4 Å². The summed E-state index contributed by atoms with van der Waals surface area (Å²) >= 11 is 0. The Labute approximate surface area is 204 Å². The summed E-state index contributed by atoms with van der Waals surface area (Å²) in [7, 11) is 3.07. The van der Waals surface area contributed by atoms with Crippen molar-refractivity contribution < 1.29 is 19.2 Å². The van der Waals surface area contributed by atoms with Gasteiger partial charge in [0.05, 0.1) is 14.2 Å². The van der Waals surface area contributed by atoms with E-state index >= 15 is 0 Å². The first kappa shape index (κ1) is 27.4. The molecular formula is C28H40N2O4. The average molecular weight is 469 g/mol. The highest BCUT2D eigenvalue weighted by Gasteiger charge is 2.24. The number of rotatable bonds is 11. The molecule has 2 aromatic rings. The standard InChI is InChI=1S/C28H40N2O4/c1-8-9-10-11-20(22-14-12-19(2)16-25(22)33-6)18-26(31)29-24-17-21(27(32)30-34-7)13-15-23(24)28(3,4)5/h12-17,20H,8-11,18H2,1-7H3,(H,29,31)(H,30,32). The third kappa shape index (κ3) is 7.59. The molecule has 0 heterocycles. The molecule has 0 spiro atoms. The van der Waals surface area contributed by atoms with E-state index in [-0.39, 0.29) is 23.1 Å². The van der Waals surface area contributed by atoms with E-state index in [0.29, 0.717) is 17.7 Å². The van der Waals surface area contributed by atoms with Crippen LogP contribution in [0.2, 0.25) is 0 Å². The van der Waals surface area contributed by atoms with Gasteiger partial charge in [-0.05, 0) is 59.6 Å². The maximum Gasteiger partial charge on any atom is 0.274 e. The monoisotopic (exact) mass is 468 g/mol. The van der Waals surface area contributed by atoms with Crippen LogP contribution in [-0.2, 0) is 15.0 Å². The molecule has 1 atom stereocenters. The first-order chi connectivity index (χ1) is 16.1. The number of ether oxygens (including phenoxy) is 1. The molecule has 34 heavy (non-hydrogen) atoms. The lowest BCUT2D eigenvalue weighted by atomic mass is 9.84. The molecule has 0 aliphatic rings. The first-order valence-corrected chi connectivity index (χ1v) is 12.0. The van der Waals surface area contributed by atoms with Gasteiger partial charge in [0.25, 0.3) is 5.91 Å².